The van der Waals surface area contributed by atoms with Crippen molar-refractivity contribution in [1.82, 2.24) is 0 Å². The van der Waals surface area contributed by atoms with E-state index in [9.17, 15) is 4.79 Å². The van der Waals surface area contributed by atoms with Crippen LogP contribution in [0.4, 0.5) is 0 Å². The Balaban J connectivity index is 0.000001000. The molecule has 11 heavy (non-hydrogen) atoms. The quantitative estimate of drug-likeness (QED) is 0.582. The molecule has 3 nitrogen and oxygen atoms in total. The molecule has 0 bridgehead atoms. The summed E-state index contributed by atoms with van der Waals surface area (Å²) in [4.78, 5) is 10.5. The smallest absolute Gasteiger partial charge is 0.310 e. The van der Waals surface area contributed by atoms with Crippen molar-refractivity contribution in [2.75, 3.05) is 0 Å². The predicted octanol–water partition coefficient (Wildman–Crippen LogP) is 0.786. The largest absolute Gasteiger partial charge is 0.481 e. The number of carbonyl (C=O) groups is 1. The van der Waals surface area contributed by atoms with Crippen molar-refractivity contribution in [3.63, 3.8) is 0 Å². The van der Waals surface area contributed by atoms with Crippen molar-refractivity contribution >= 4 is 18.4 Å². The zero-order chi connectivity index (χ0) is 7.72. The first kappa shape index (κ1) is 10.5. The van der Waals surface area contributed by atoms with E-state index < -0.39 is 5.97 Å². The third-order valence-electron chi connectivity index (χ3n) is 1.83. The van der Waals surface area contributed by atoms with Crippen LogP contribution in [-0.2, 0) is 4.79 Å². The Morgan fingerprint density at radius 2 is 2.36 bits per heavy atom. The van der Waals surface area contributed by atoms with Gasteiger partial charge in [0.1, 0.15) is 0 Å². The molecule has 4 heteroatoms. The van der Waals surface area contributed by atoms with E-state index in [1.165, 1.54) is 0 Å². The second-order valence-electron chi connectivity index (χ2n) is 2.70. The van der Waals surface area contributed by atoms with E-state index in [1.54, 1.807) is 0 Å². The molecule has 0 saturated carbocycles. The highest BCUT2D eigenvalue weighted by Gasteiger charge is 2.26. The van der Waals surface area contributed by atoms with E-state index in [2.05, 4.69) is 0 Å². The van der Waals surface area contributed by atoms with Gasteiger partial charge in [-0.3, -0.25) is 4.79 Å². The van der Waals surface area contributed by atoms with Gasteiger partial charge in [0.15, 0.2) is 0 Å². The minimum absolute atomic E-state index is 0. The van der Waals surface area contributed by atoms with Crippen molar-refractivity contribution in [1.29, 1.82) is 0 Å². The zero-order valence-electron chi connectivity index (χ0n) is 6.28. The van der Waals surface area contributed by atoms with Crippen molar-refractivity contribution < 1.29 is 9.90 Å². The molecule has 2 unspecified atom stereocenters. The molecule has 0 aromatic rings. The topological polar surface area (TPSA) is 63.3 Å². The fraction of sp³-hybridized carbons (Fsp3) is 0.571. The van der Waals surface area contributed by atoms with Gasteiger partial charge < -0.3 is 10.8 Å². The molecule has 0 spiro atoms. The van der Waals surface area contributed by atoms with E-state index in [1.807, 2.05) is 13.0 Å². The van der Waals surface area contributed by atoms with Gasteiger partial charge in [0.2, 0.25) is 0 Å². The lowest BCUT2D eigenvalue weighted by Gasteiger charge is -2.04. The van der Waals surface area contributed by atoms with Gasteiger partial charge in [-0.05, 0) is 13.3 Å². The molecule has 0 aromatic carbocycles. The second-order valence-corrected chi connectivity index (χ2v) is 2.70. The van der Waals surface area contributed by atoms with Gasteiger partial charge in [-0.2, -0.15) is 0 Å². The molecule has 0 amide bonds. The SMILES string of the molecule is CC1=CC(N)CC1C(=O)O.Cl. The Morgan fingerprint density at radius 1 is 1.82 bits per heavy atom. The first-order valence-electron chi connectivity index (χ1n) is 3.28. The van der Waals surface area contributed by atoms with Gasteiger partial charge in [-0.25, -0.2) is 0 Å². The molecule has 1 rings (SSSR count). The van der Waals surface area contributed by atoms with Crippen LogP contribution in [0, 0.1) is 5.92 Å². The van der Waals surface area contributed by atoms with Crippen molar-refractivity contribution in [3.05, 3.63) is 11.6 Å². The summed E-state index contributed by atoms with van der Waals surface area (Å²) in [5.74, 6) is -1.10. The Kier molecular flexibility index (Phi) is 3.55. The van der Waals surface area contributed by atoms with E-state index in [0.717, 1.165) is 5.57 Å². The van der Waals surface area contributed by atoms with Gasteiger partial charge in [0.05, 0.1) is 5.92 Å². The summed E-state index contributed by atoms with van der Waals surface area (Å²) in [7, 11) is 0. The third-order valence-corrected chi connectivity index (χ3v) is 1.83. The molecular weight excluding hydrogens is 166 g/mol. The predicted molar refractivity (Wildman–Crippen MR) is 44.7 cm³/mol. The maximum Gasteiger partial charge on any atom is 0.310 e. The minimum atomic E-state index is -0.762. The van der Waals surface area contributed by atoms with Crippen molar-refractivity contribution in [2.45, 2.75) is 19.4 Å². The van der Waals surface area contributed by atoms with Crippen LogP contribution in [-0.4, -0.2) is 17.1 Å². The van der Waals surface area contributed by atoms with Crippen LogP contribution in [0.15, 0.2) is 11.6 Å². The maximum atomic E-state index is 10.5. The summed E-state index contributed by atoms with van der Waals surface area (Å²) in [6, 6.07) is -0.0545. The Bertz CT molecular complexity index is 191. The Labute approximate surface area is 71.7 Å². The summed E-state index contributed by atoms with van der Waals surface area (Å²) in [6.45, 7) is 1.81. The number of rotatable bonds is 1. The molecule has 0 aliphatic heterocycles. The number of hydrogen-bond acceptors (Lipinski definition) is 2. The maximum absolute atomic E-state index is 10.5. The van der Waals surface area contributed by atoms with Crippen molar-refractivity contribution in [2.24, 2.45) is 11.7 Å². The molecular formula is C7H12ClNO2. The second kappa shape index (κ2) is 3.74. The van der Waals surface area contributed by atoms with E-state index in [4.69, 9.17) is 10.8 Å². The average Bonchev–Trinajstić information content (AvgIpc) is 2.10. The summed E-state index contributed by atoms with van der Waals surface area (Å²) in [6.07, 6.45) is 2.37. The Hall–Kier alpha value is -0.540. The molecule has 0 radical (unpaired) electrons. The Morgan fingerprint density at radius 3 is 2.55 bits per heavy atom. The number of carboxylic acid groups (broad SMARTS) is 1. The number of carboxylic acids is 1. The molecule has 0 saturated heterocycles. The van der Waals surface area contributed by atoms with Gasteiger partial charge >= 0.3 is 5.97 Å². The van der Waals surface area contributed by atoms with E-state index in [-0.39, 0.29) is 24.4 Å². The summed E-state index contributed by atoms with van der Waals surface area (Å²) in [5, 5.41) is 8.61. The van der Waals surface area contributed by atoms with Crippen molar-refractivity contribution in [3.8, 4) is 0 Å². The van der Waals surface area contributed by atoms with Gasteiger partial charge in [0.25, 0.3) is 0 Å². The zero-order valence-corrected chi connectivity index (χ0v) is 7.10. The minimum Gasteiger partial charge on any atom is -0.481 e. The van der Waals surface area contributed by atoms with Crippen LogP contribution < -0.4 is 5.73 Å². The van der Waals surface area contributed by atoms with Crippen LogP contribution in [0.25, 0.3) is 0 Å². The molecule has 1 aliphatic rings. The highest BCUT2D eigenvalue weighted by Crippen LogP contribution is 2.24. The van der Waals surface area contributed by atoms with Gasteiger partial charge in [-0.15, -0.1) is 12.4 Å². The lowest BCUT2D eigenvalue weighted by atomic mass is 10.0. The third kappa shape index (κ3) is 2.20. The highest BCUT2D eigenvalue weighted by atomic mass is 35.5. The molecule has 3 N–H and O–H groups in total. The number of halogens is 1. The van der Waals surface area contributed by atoms with E-state index in [0.29, 0.717) is 6.42 Å². The average molecular weight is 178 g/mol. The van der Waals surface area contributed by atoms with Crippen LogP contribution >= 0.6 is 12.4 Å². The fourth-order valence-electron chi connectivity index (χ4n) is 1.28. The molecule has 1 aliphatic carbocycles. The lowest BCUT2D eigenvalue weighted by molar-refractivity contribution is -0.140. The monoisotopic (exact) mass is 177 g/mol. The van der Waals surface area contributed by atoms with E-state index >= 15 is 0 Å². The van der Waals surface area contributed by atoms with Gasteiger partial charge in [-0.1, -0.05) is 11.6 Å². The van der Waals surface area contributed by atoms with Crippen LogP contribution in [0.1, 0.15) is 13.3 Å². The fourth-order valence-corrected chi connectivity index (χ4v) is 1.28. The molecule has 64 valence electrons. The summed E-state index contributed by atoms with van der Waals surface area (Å²) < 4.78 is 0. The van der Waals surface area contributed by atoms with Crippen LogP contribution in [0.3, 0.4) is 0 Å². The van der Waals surface area contributed by atoms with Crippen LogP contribution in [0.5, 0.6) is 0 Å². The molecule has 0 heterocycles. The van der Waals surface area contributed by atoms with Crippen LogP contribution in [0.2, 0.25) is 0 Å². The first-order valence-corrected chi connectivity index (χ1v) is 3.28. The highest BCUT2D eigenvalue weighted by molar-refractivity contribution is 5.85. The van der Waals surface area contributed by atoms with Gasteiger partial charge in [0, 0.05) is 6.04 Å². The molecule has 0 fully saturated rings. The lowest BCUT2D eigenvalue weighted by Crippen LogP contribution is -2.19. The number of nitrogens with two attached hydrogens (primary N) is 1. The normalized spacial score (nSPS) is 29.1. The number of hydrogen-bond donors (Lipinski definition) is 2. The summed E-state index contributed by atoms with van der Waals surface area (Å²) in [5.41, 5.74) is 6.40. The number of aliphatic carboxylic acids is 1. The standard InChI is InChI=1S/C7H11NO2.ClH/c1-4-2-5(8)3-6(4)7(9)10;/h2,5-6H,3,8H2,1H3,(H,9,10);1H. The summed E-state index contributed by atoms with van der Waals surface area (Å²) >= 11 is 0. The molecule has 0 aromatic heterocycles. The first-order chi connectivity index (χ1) is 4.61. The molecule has 2 atom stereocenters.